The van der Waals surface area contributed by atoms with E-state index in [9.17, 15) is 18.0 Å². The zero-order chi connectivity index (χ0) is 25.7. The van der Waals surface area contributed by atoms with Crippen LogP contribution in [0, 0.1) is 11.8 Å². The summed E-state index contributed by atoms with van der Waals surface area (Å²) in [6.07, 6.45) is -1.23. The molecule has 0 spiro atoms. The number of halogens is 3. The number of carbonyl (C=O) groups excluding carboxylic acids is 1. The number of anilines is 1. The highest BCUT2D eigenvalue weighted by atomic mass is 19.4. The minimum Gasteiger partial charge on any atom is -0.444 e. The summed E-state index contributed by atoms with van der Waals surface area (Å²) in [6.45, 7) is 6.83. The molecule has 2 aliphatic rings. The number of likely N-dealkylation sites (tertiary alicyclic amines) is 1. The van der Waals surface area contributed by atoms with Crippen LogP contribution in [0.2, 0.25) is 0 Å². The van der Waals surface area contributed by atoms with Crippen LogP contribution in [0.15, 0.2) is 42.6 Å². The van der Waals surface area contributed by atoms with E-state index < -0.39 is 12.0 Å². The number of alkyl halides is 3. The van der Waals surface area contributed by atoms with Gasteiger partial charge in [-0.2, -0.15) is 4.98 Å². The lowest BCUT2D eigenvalue weighted by atomic mass is 9.92. The number of amides is 1. The van der Waals surface area contributed by atoms with E-state index >= 15 is 0 Å². The molecule has 1 unspecified atom stereocenters. The van der Waals surface area contributed by atoms with Crippen LogP contribution in [-0.2, 0) is 4.74 Å². The van der Waals surface area contributed by atoms with Gasteiger partial charge >= 0.3 is 12.5 Å². The van der Waals surface area contributed by atoms with Crippen molar-refractivity contribution in [1.82, 2.24) is 19.5 Å². The molecular weight excluding hydrogens is 475 g/mol. The van der Waals surface area contributed by atoms with E-state index in [0.717, 1.165) is 18.4 Å². The van der Waals surface area contributed by atoms with Crippen molar-refractivity contribution in [3.05, 3.63) is 42.6 Å². The Balaban J connectivity index is 1.32. The molecule has 8 nitrogen and oxygen atoms in total. The lowest BCUT2D eigenvalue weighted by Crippen LogP contribution is -2.51. The molecule has 3 atom stereocenters. The van der Waals surface area contributed by atoms with E-state index in [1.165, 1.54) is 12.1 Å². The molecule has 1 saturated carbocycles. The zero-order valence-corrected chi connectivity index (χ0v) is 20.2. The average Bonchev–Trinajstić information content (AvgIpc) is 3.28. The molecule has 0 radical (unpaired) electrons. The number of carbonyl (C=O) groups is 1. The number of nitrogens with zero attached hydrogens (tertiary/aromatic N) is 4. The van der Waals surface area contributed by atoms with Gasteiger partial charge in [0.15, 0.2) is 5.65 Å². The molecule has 36 heavy (non-hydrogen) atoms. The molecule has 2 aromatic heterocycles. The molecule has 5 rings (SSSR count). The first-order chi connectivity index (χ1) is 16.9. The standard InChI is InChI=1S/C25H28F3N5O3/c1-24(2,3)36-23(34)32-13-16-6-7-17(14-32)20(16)29-22-30-21-19(5-4-12-33(21)31-22)15-8-10-18(11-9-15)35-25(26,27)28/h4-5,8-12,16-17,20H,6-7,13-14H2,1-3H3,(H,29,31)/t16-,17?,20-/m0/s1. The summed E-state index contributed by atoms with van der Waals surface area (Å²) in [5.41, 5.74) is 1.48. The maximum atomic E-state index is 12.6. The number of piperidine rings is 1. The minimum absolute atomic E-state index is 0.142. The quantitative estimate of drug-likeness (QED) is 0.517. The minimum atomic E-state index is -4.74. The third-order valence-electron chi connectivity index (χ3n) is 6.54. The predicted molar refractivity (Wildman–Crippen MR) is 127 cm³/mol. The monoisotopic (exact) mass is 503 g/mol. The number of pyridine rings is 1. The van der Waals surface area contributed by atoms with E-state index in [2.05, 4.69) is 20.1 Å². The van der Waals surface area contributed by atoms with Gasteiger partial charge in [0.05, 0.1) is 0 Å². The average molecular weight is 504 g/mol. The normalized spacial score (nSPS) is 22.1. The summed E-state index contributed by atoms with van der Waals surface area (Å²) in [6, 6.07) is 9.47. The van der Waals surface area contributed by atoms with Crippen molar-refractivity contribution in [3.8, 4) is 16.9 Å². The Hall–Kier alpha value is -3.50. The Bertz CT molecular complexity index is 1240. The van der Waals surface area contributed by atoms with Crippen LogP contribution >= 0.6 is 0 Å². The molecule has 1 amide bonds. The summed E-state index contributed by atoms with van der Waals surface area (Å²) < 4.78 is 48.6. The number of benzene rings is 1. The van der Waals surface area contributed by atoms with Crippen LogP contribution < -0.4 is 10.1 Å². The van der Waals surface area contributed by atoms with Crippen molar-refractivity contribution >= 4 is 17.7 Å². The summed E-state index contributed by atoms with van der Waals surface area (Å²) in [4.78, 5) is 19.1. The van der Waals surface area contributed by atoms with Gasteiger partial charge in [-0.25, -0.2) is 9.31 Å². The van der Waals surface area contributed by atoms with Gasteiger partial charge < -0.3 is 19.7 Å². The van der Waals surface area contributed by atoms with Gasteiger partial charge in [-0.1, -0.05) is 12.1 Å². The van der Waals surface area contributed by atoms with Crippen molar-refractivity contribution in [2.75, 3.05) is 18.4 Å². The van der Waals surface area contributed by atoms with Crippen LogP contribution in [0.1, 0.15) is 33.6 Å². The molecule has 3 heterocycles. The summed E-state index contributed by atoms with van der Waals surface area (Å²) in [5.74, 6) is 0.731. The van der Waals surface area contributed by atoms with Crippen LogP contribution in [0.5, 0.6) is 5.75 Å². The van der Waals surface area contributed by atoms with Gasteiger partial charge in [-0.3, -0.25) is 0 Å². The fraction of sp³-hybridized carbons (Fsp3) is 0.480. The number of hydrogen-bond donors (Lipinski definition) is 1. The van der Waals surface area contributed by atoms with Gasteiger partial charge in [-0.15, -0.1) is 18.3 Å². The lowest BCUT2D eigenvalue weighted by Gasteiger charge is -2.38. The molecular formula is C25H28F3N5O3. The fourth-order valence-electron chi connectivity index (χ4n) is 5.11. The van der Waals surface area contributed by atoms with Crippen LogP contribution in [0.4, 0.5) is 23.9 Å². The summed E-state index contributed by atoms with van der Waals surface area (Å²) >= 11 is 0. The Morgan fingerprint density at radius 1 is 1.06 bits per heavy atom. The Labute approximate surface area is 206 Å². The summed E-state index contributed by atoms with van der Waals surface area (Å²) in [7, 11) is 0. The molecule has 1 aromatic carbocycles. The van der Waals surface area contributed by atoms with Crippen LogP contribution in [-0.4, -0.2) is 56.7 Å². The van der Waals surface area contributed by atoms with Gasteiger partial charge in [0.1, 0.15) is 11.4 Å². The Morgan fingerprint density at radius 3 is 2.33 bits per heavy atom. The smallest absolute Gasteiger partial charge is 0.444 e. The number of rotatable bonds is 4. The number of ether oxygens (including phenoxy) is 2. The molecule has 1 saturated heterocycles. The highest BCUT2D eigenvalue weighted by molar-refractivity contribution is 5.78. The number of fused-ring (bicyclic) bond motifs is 3. The zero-order valence-electron chi connectivity index (χ0n) is 20.2. The van der Waals surface area contributed by atoms with Gasteiger partial charge in [0, 0.05) is 30.9 Å². The van der Waals surface area contributed by atoms with Gasteiger partial charge in [-0.05, 0) is 75.3 Å². The van der Waals surface area contributed by atoms with Crippen molar-refractivity contribution in [1.29, 1.82) is 0 Å². The van der Waals surface area contributed by atoms with Crippen LogP contribution in [0.3, 0.4) is 0 Å². The molecule has 2 fully saturated rings. The van der Waals surface area contributed by atoms with Crippen molar-refractivity contribution in [3.63, 3.8) is 0 Å². The number of nitrogens with one attached hydrogen (secondary N) is 1. The molecule has 1 N–H and O–H groups in total. The second kappa shape index (κ2) is 8.86. The second-order valence-corrected chi connectivity index (χ2v) is 10.4. The predicted octanol–water partition coefficient (Wildman–Crippen LogP) is 5.35. The Morgan fingerprint density at radius 2 is 1.72 bits per heavy atom. The molecule has 192 valence electrons. The highest BCUT2D eigenvalue weighted by Crippen LogP contribution is 2.39. The lowest BCUT2D eigenvalue weighted by molar-refractivity contribution is -0.274. The first-order valence-electron chi connectivity index (χ1n) is 11.9. The van der Waals surface area contributed by atoms with E-state index in [1.54, 1.807) is 27.7 Å². The molecule has 11 heteroatoms. The van der Waals surface area contributed by atoms with E-state index in [-0.39, 0.29) is 29.7 Å². The summed E-state index contributed by atoms with van der Waals surface area (Å²) in [5, 5.41) is 8.06. The van der Waals surface area contributed by atoms with Crippen molar-refractivity contribution in [2.45, 2.75) is 51.6 Å². The van der Waals surface area contributed by atoms with Crippen molar-refractivity contribution < 1.29 is 27.4 Å². The molecule has 2 bridgehead atoms. The Kier molecular flexibility index (Phi) is 5.96. The fourth-order valence-corrected chi connectivity index (χ4v) is 5.11. The van der Waals surface area contributed by atoms with Crippen LogP contribution in [0.25, 0.3) is 16.8 Å². The third-order valence-corrected chi connectivity index (χ3v) is 6.54. The maximum Gasteiger partial charge on any atom is 0.573 e. The molecule has 3 aromatic rings. The number of hydrogen-bond acceptors (Lipinski definition) is 6. The highest BCUT2D eigenvalue weighted by Gasteiger charge is 2.44. The molecule has 1 aliphatic carbocycles. The SMILES string of the molecule is CC(C)(C)OC(=O)N1CC2CC[C@@H](C1)[C@@H]2Nc1nc2c(-c3ccc(OC(F)(F)F)cc3)cccn2n1. The molecule has 1 aliphatic heterocycles. The first kappa shape index (κ1) is 24.2. The first-order valence-corrected chi connectivity index (χ1v) is 11.9. The maximum absolute atomic E-state index is 12.6. The second-order valence-electron chi connectivity index (χ2n) is 10.4. The third kappa shape index (κ3) is 5.19. The van der Waals surface area contributed by atoms with E-state index in [4.69, 9.17) is 4.74 Å². The van der Waals surface area contributed by atoms with E-state index in [0.29, 0.717) is 30.2 Å². The topological polar surface area (TPSA) is 81.0 Å². The van der Waals surface area contributed by atoms with Gasteiger partial charge in [0.25, 0.3) is 0 Å². The number of aromatic nitrogens is 3. The largest absolute Gasteiger partial charge is 0.573 e. The van der Waals surface area contributed by atoms with E-state index in [1.807, 2.05) is 32.9 Å². The van der Waals surface area contributed by atoms with Crippen molar-refractivity contribution in [2.24, 2.45) is 11.8 Å². The van der Waals surface area contributed by atoms with Gasteiger partial charge in [0.2, 0.25) is 5.95 Å².